The molecule has 5 nitrogen and oxygen atoms in total. The lowest BCUT2D eigenvalue weighted by Crippen LogP contribution is -2.43. The Morgan fingerprint density at radius 2 is 2.27 bits per heavy atom. The van der Waals surface area contributed by atoms with Gasteiger partial charge in [-0.25, -0.2) is 4.98 Å². The average Bonchev–Trinajstić information content (AvgIpc) is 3.10. The van der Waals surface area contributed by atoms with Gasteiger partial charge in [-0.05, 0) is 25.0 Å². The predicted octanol–water partition coefficient (Wildman–Crippen LogP) is 2.34. The number of para-hydroxylation sites is 1. The molecule has 0 spiro atoms. The van der Waals surface area contributed by atoms with E-state index >= 15 is 0 Å². The van der Waals surface area contributed by atoms with E-state index in [-0.39, 0.29) is 11.9 Å². The first-order chi connectivity index (χ1) is 10.6. The van der Waals surface area contributed by atoms with Crippen LogP contribution in [-0.4, -0.2) is 21.9 Å². The molecule has 0 bridgehead atoms. The van der Waals surface area contributed by atoms with E-state index in [0.29, 0.717) is 0 Å². The van der Waals surface area contributed by atoms with E-state index in [4.69, 9.17) is 5.73 Å². The summed E-state index contributed by atoms with van der Waals surface area (Å²) in [6.45, 7) is 3.86. The molecular formula is C17H22N4O. The van der Waals surface area contributed by atoms with Gasteiger partial charge < -0.3 is 10.7 Å². The van der Waals surface area contributed by atoms with Gasteiger partial charge in [0.2, 0.25) is 5.91 Å². The molecule has 1 aliphatic rings. The molecular weight excluding hydrogens is 276 g/mol. The minimum Gasteiger partial charge on any atom is -0.344 e. The molecule has 0 radical (unpaired) electrons. The van der Waals surface area contributed by atoms with Crippen molar-refractivity contribution in [2.24, 2.45) is 5.73 Å². The largest absolute Gasteiger partial charge is 0.344 e. The summed E-state index contributed by atoms with van der Waals surface area (Å²) in [5.41, 5.74) is 9.07. The van der Waals surface area contributed by atoms with Crippen LogP contribution in [0.25, 0.3) is 0 Å². The molecule has 22 heavy (non-hydrogen) atoms. The predicted molar refractivity (Wildman–Crippen MR) is 86.6 cm³/mol. The molecule has 0 saturated heterocycles. The molecule has 5 heteroatoms. The molecule has 2 aromatic rings. The fourth-order valence-electron chi connectivity index (χ4n) is 3.04. The van der Waals surface area contributed by atoms with Crippen molar-refractivity contribution >= 4 is 11.6 Å². The third kappa shape index (κ3) is 2.52. The molecule has 3 rings (SSSR count). The average molecular weight is 298 g/mol. The van der Waals surface area contributed by atoms with Gasteiger partial charge in [-0.15, -0.1) is 0 Å². The van der Waals surface area contributed by atoms with Crippen LogP contribution in [0.4, 0.5) is 5.69 Å². The Morgan fingerprint density at radius 1 is 1.50 bits per heavy atom. The number of aromatic amines is 1. The monoisotopic (exact) mass is 298 g/mol. The van der Waals surface area contributed by atoms with Gasteiger partial charge in [0.15, 0.2) is 0 Å². The van der Waals surface area contributed by atoms with Crippen molar-refractivity contribution in [1.82, 2.24) is 9.97 Å². The number of carbonyl (C=O) groups excluding carboxylic acids is 1. The molecule has 1 aliphatic heterocycles. The summed E-state index contributed by atoms with van der Waals surface area (Å²) >= 11 is 0. The molecule has 0 saturated carbocycles. The summed E-state index contributed by atoms with van der Waals surface area (Å²) in [6.07, 6.45) is 4.67. The van der Waals surface area contributed by atoms with Crippen LogP contribution in [0.1, 0.15) is 43.4 Å². The quantitative estimate of drug-likeness (QED) is 0.909. The maximum Gasteiger partial charge on any atom is 0.244 e. The molecule has 116 valence electrons. The maximum atomic E-state index is 12.6. The highest BCUT2D eigenvalue weighted by atomic mass is 16.2. The first-order valence-corrected chi connectivity index (χ1v) is 7.82. The molecule has 0 aliphatic carbocycles. The number of imidazole rings is 1. The number of rotatable bonds is 4. The van der Waals surface area contributed by atoms with E-state index in [9.17, 15) is 4.79 Å². The lowest BCUT2D eigenvalue weighted by atomic mass is 10.1. The van der Waals surface area contributed by atoms with Crippen LogP contribution in [0.5, 0.6) is 0 Å². The SMILES string of the molecule is CCCc1cnc(C2Cc3ccccc3N2C(=O)[C@H](C)N)[nH]1. The number of amides is 1. The van der Waals surface area contributed by atoms with Crippen molar-refractivity contribution in [2.75, 3.05) is 4.90 Å². The van der Waals surface area contributed by atoms with Crippen LogP contribution in [0.2, 0.25) is 0 Å². The maximum absolute atomic E-state index is 12.6. The number of fused-ring (bicyclic) bond motifs is 1. The first kappa shape index (κ1) is 14.8. The normalized spacial score (nSPS) is 18.3. The van der Waals surface area contributed by atoms with Crippen molar-refractivity contribution in [2.45, 2.75) is 45.2 Å². The van der Waals surface area contributed by atoms with Gasteiger partial charge in [0.25, 0.3) is 0 Å². The van der Waals surface area contributed by atoms with Crippen LogP contribution in [-0.2, 0) is 17.6 Å². The third-order valence-corrected chi connectivity index (χ3v) is 4.09. The number of carbonyl (C=O) groups is 1. The van der Waals surface area contributed by atoms with E-state index < -0.39 is 6.04 Å². The second kappa shape index (κ2) is 5.93. The second-order valence-electron chi connectivity index (χ2n) is 5.89. The Hall–Kier alpha value is -2.14. The molecule has 1 amide bonds. The zero-order valence-corrected chi connectivity index (χ0v) is 13.0. The molecule has 1 unspecified atom stereocenters. The van der Waals surface area contributed by atoms with Crippen LogP contribution >= 0.6 is 0 Å². The number of hydrogen-bond acceptors (Lipinski definition) is 3. The van der Waals surface area contributed by atoms with Crippen LogP contribution in [0.15, 0.2) is 30.5 Å². The van der Waals surface area contributed by atoms with Gasteiger partial charge in [0.05, 0.1) is 12.1 Å². The number of nitrogens with one attached hydrogen (secondary N) is 1. The Morgan fingerprint density at radius 3 is 3.00 bits per heavy atom. The molecule has 1 aromatic carbocycles. The van der Waals surface area contributed by atoms with E-state index in [0.717, 1.165) is 42.0 Å². The van der Waals surface area contributed by atoms with Gasteiger partial charge >= 0.3 is 0 Å². The third-order valence-electron chi connectivity index (χ3n) is 4.09. The molecule has 2 atom stereocenters. The minimum atomic E-state index is -0.529. The Kier molecular flexibility index (Phi) is 3.98. The lowest BCUT2D eigenvalue weighted by molar-refractivity contribution is -0.119. The summed E-state index contributed by atoms with van der Waals surface area (Å²) in [7, 11) is 0. The van der Waals surface area contributed by atoms with E-state index in [2.05, 4.69) is 23.0 Å². The van der Waals surface area contributed by atoms with E-state index in [1.807, 2.05) is 24.4 Å². The van der Waals surface area contributed by atoms with Crippen molar-refractivity contribution in [1.29, 1.82) is 0 Å². The zero-order chi connectivity index (χ0) is 15.7. The number of aryl methyl sites for hydroxylation is 1. The number of nitrogens with zero attached hydrogens (tertiary/aromatic N) is 2. The summed E-state index contributed by atoms with van der Waals surface area (Å²) < 4.78 is 0. The van der Waals surface area contributed by atoms with Crippen molar-refractivity contribution < 1.29 is 4.79 Å². The zero-order valence-electron chi connectivity index (χ0n) is 13.0. The first-order valence-electron chi connectivity index (χ1n) is 7.82. The van der Waals surface area contributed by atoms with Crippen LogP contribution in [0, 0.1) is 0 Å². The number of benzene rings is 1. The summed E-state index contributed by atoms with van der Waals surface area (Å²) in [4.78, 5) is 22.3. The van der Waals surface area contributed by atoms with Gasteiger partial charge in [0.1, 0.15) is 5.82 Å². The number of H-pyrrole nitrogens is 1. The van der Waals surface area contributed by atoms with Crippen molar-refractivity contribution in [3.05, 3.63) is 47.5 Å². The summed E-state index contributed by atoms with van der Waals surface area (Å²) in [5.74, 6) is 0.775. The fourth-order valence-corrected chi connectivity index (χ4v) is 3.04. The molecule has 1 aromatic heterocycles. The topological polar surface area (TPSA) is 75.0 Å². The van der Waals surface area contributed by atoms with Crippen LogP contribution < -0.4 is 10.6 Å². The number of aromatic nitrogens is 2. The highest BCUT2D eigenvalue weighted by Crippen LogP contribution is 2.39. The van der Waals surface area contributed by atoms with Crippen molar-refractivity contribution in [3.63, 3.8) is 0 Å². The number of hydrogen-bond donors (Lipinski definition) is 2. The van der Waals surface area contributed by atoms with Gasteiger partial charge in [0, 0.05) is 24.0 Å². The highest BCUT2D eigenvalue weighted by Gasteiger charge is 2.37. The molecule has 0 fully saturated rings. The Labute approximate surface area is 130 Å². The van der Waals surface area contributed by atoms with Gasteiger partial charge in [-0.2, -0.15) is 0 Å². The highest BCUT2D eigenvalue weighted by molar-refractivity contribution is 5.99. The molecule has 3 N–H and O–H groups in total. The fraction of sp³-hybridized carbons (Fsp3) is 0.412. The minimum absolute atomic E-state index is 0.0663. The summed E-state index contributed by atoms with van der Waals surface area (Å²) in [6, 6.07) is 7.37. The molecule has 2 heterocycles. The van der Waals surface area contributed by atoms with Gasteiger partial charge in [-0.3, -0.25) is 9.69 Å². The Bertz CT molecular complexity index is 677. The van der Waals surface area contributed by atoms with Crippen LogP contribution in [0.3, 0.4) is 0 Å². The van der Waals surface area contributed by atoms with E-state index in [1.165, 1.54) is 0 Å². The van der Waals surface area contributed by atoms with E-state index in [1.54, 1.807) is 11.8 Å². The standard InChI is InChI=1S/C17H22N4O/c1-3-6-13-10-19-16(20-13)15-9-12-7-4-5-8-14(12)21(15)17(22)11(2)18/h4-5,7-8,10-11,15H,3,6,9,18H2,1-2H3,(H,19,20)/t11-,15?/m0/s1. The Balaban J connectivity index is 1.97. The smallest absolute Gasteiger partial charge is 0.244 e. The van der Waals surface area contributed by atoms with Crippen molar-refractivity contribution in [3.8, 4) is 0 Å². The number of anilines is 1. The number of nitrogens with two attached hydrogens (primary N) is 1. The van der Waals surface area contributed by atoms with Gasteiger partial charge in [-0.1, -0.05) is 31.5 Å². The lowest BCUT2D eigenvalue weighted by Gasteiger charge is -2.26. The summed E-state index contributed by atoms with van der Waals surface area (Å²) in [5, 5.41) is 0. The second-order valence-corrected chi connectivity index (χ2v) is 5.89.